The fraction of sp³-hybridized carbons (Fsp3) is 0.562. The Morgan fingerprint density at radius 2 is 1.95 bits per heavy atom. The molecule has 0 bridgehead atoms. The monoisotopic (exact) mass is 327 g/mol. The minimum absolute atomic E-state index is 0.0455. The second-order valence-electron chi connectivity index (χ2n) is 5.67. The Morgan fingerprint density at radius 3 is 2.45 bits per heavy atom. The number of hydrogen-bond donors (Lipinski definition) is 0. The lowest BCUT2D eigenvalue weighted by atomic mass is 10.0. The fourth-order valence-corrected chi connectivity index (χ4v) is 2.78. The van der Waals surface area contributed by atoms with Crippen LogP contribution in [0, 0.1) is 6.92 Å². The van der Waals surface area contributed by atoms with E-state index in [1.807, 2.05) is 45.9 Å². The molecular formula is C16H25NO4S. The molecule has 0 fully saturated rings. The number of anilines is 1. The summed E-state index contributed by atoms with van der Waals surface area (Å²) in [6.45, 7) is 7.70. The van der Waals surface area contributed by atoms with Gasteiger partial charge in [0.2, 0.25) is 5.91 Å². The lowest BCUT2D eigenvalue weighted by molar-refractivity contribution is -0.117. The molecule has 0 aliphatic carbocycles. The van der Waals surface area contributed by atoms with E-state index in [1.165, 1.54) is 4.90 Å². The van der Waals surface area contributed by atoms with Crippen LogP contribution >= 0.6 is 0 Å². The first-order chi connectivity index (χ1) is 10.2. The van der Waals surface area contributed by atoms with Crippen molar-refractivity contribution >= 4 is 21.4 Å². The Labute approximate surface area is 133 Å². The second kappa shape index (κ2) is 7.74. The zero-order chi connectivity index (χ0) is 16.9. The summed E-state index contributed by atoms with van der Waals surface area (Å²) in [5.41, 5.74) is 2.67. The van der Waals surface area contributed by atoms with Gasteiger partial charge in [0.15, 0.2) is 9.84 Å². The molecule has 6 heteroatoms. The van der Waals surface area contributed by atoms with Crippen LogP contribution in [0.15, 0.2) is 18.2 Å². The second-order valence-corrected chi connectivity index (χ2v) is 7.81. The van der Waals surface area contributed by atoms with E-state index in [1.54, 1.807) is 0 Å². The van der Waals surface area contributed by atoms with Gasteiger partial charge in [0.25, 0.3) is 0 Å². The predicted molar refractivity (Wildman–Crippen MR) is 88.8 cm³/mol. The average molecular weight is 327 g/mol. The molecule has 0 N–H and O–H groups in total. The highest BCUT2D eigenvalue weighted by Crippen LogP contribution is 2.26. The maximum absolute atomic E-state index is 12.5. The van der Waals surface area contributed by atoms with Gasteiger partial charge in [-0.1, -0.05) is 25.1 Å². The molecule has 1 rings (SSSR count). The molecule has 0 unspecified atom stereocenters. The number of benzene rings is 1. The zero-order valence-corrected chi connectivity index (χ0v) is 14.7. The summed E-state index contributed by atoms with van der Waals surface area (Å²) in [4.78, 5) is 13.9. The van der Waals surface area contributed by atoms with Crippen LogP contribution in [0.5, 0.6) is 0 Å². The van der Waals surface area contributed by atoms with Crippen molar-refractivity contribution in [2.24, 2.45) is 0 Å². The number of hydrogen-bond acceptors (Lipinski definition) is 4. The highest BCUT2D eigenvalue weighted by molar-refractivity contribution is 7.91. The molecular weight excluding hydrogens is 302 g/mol. The molecule has 0 spiro atoms. The Hall–Kier alpha value is -1.40. The van der Waals surface area contributed by atoms with Crippen molar-refractivity contribution in [3.8, 4) is 0 Å². The minimum Gasteiger partial charge on any atom is -0.358 e. The van der Waals surface area contributed by atoms with Crippen LogP contribution in [0.1, 0.15) is 31.9 Å². The van der Waals surface area contributed by atoms with E-state index < -0.39 is 21.5 Å². The molecule has 0 saturated carbocycles. The number of para-hydroxylation sites is 1. The van der Waals surface area contributed by atoms with Crippen LogP contribution in [0.4, 0.5) is 5.69 Å². The van der Waals surface area contributed by atoms with Crippen LogP contribution in [-0.2, 0) is 25.8 Å². The van der Waals surface area contributed by atoms with Gasteiger partial charge in [-0.25, -0.2) is 8.42 Å². The molecule has 0 saturated heterocycles. The number of rotatable bonds is 7. The molecule has 22 heavy (non-hydrogen) atoms. The van der Waals surface area contributed by atoms with E-state index in [0.717, 1.165) is 29.5 Å². The van der Waals surface area contributed by atoms with Gasteiger partial charge >= 0.3 is 0 Å². The van der Waals surface area contributed by atoms with E-state index >= 15 is 0 Å². The first-order valence-electron chi connectivity index (χ1n) is 7.34. The zero-order valence-electron chi connectivity index (χ0n) is 13.9. The van der Waals surface area contributed by atoms with Gasteiger partial charge in [-0.2, -0.15) is 0 Å². The summed E-state index contributed by atoms with van der Waals surface area (Å²) >= 11 is 0. The van der Waals surface area contributed by atoms with Crippen LogP contribution in [0.2, 0.25) is 0 Å². The van der Waals surface area contributed by atoms with Gasteiger partial charge in [-0.15, -0.1) is 0 Å². The number of carbonyl (C=O) groups excluding carboxylic acids is 1. The number of carbonyl (C=O) groups is 1. The third-order valence-corrected chi connectivity index (χ3v) is 3.97. The summed E-state index contributed by atoms with van der Waals surface area (Å²) in [5.74, 6) is -0.987. The van der Waals surface area contributed by atoms with Crippen molar-refractivity contribution < 1.29 is 17.9 Å². The van der Waals surface area contributed by atoms with Crippen LogP contribution in [-0.4, -0.2) is 39.2 Å². The van der Waals surface area contributed by atoms with Gasteiger partial charge in [0.1, 0.15) is 12.5 Å². The van der Waals surface area contributed by atoms with Gasteiger partial charge in [-0.05, 0) is 38.3 Å². The SMILES string of the molecule is CCc1cccc(C)c1N(COC(C)C)C(=O)CS(C)(=O)=O. The average Bonchev–Trinajstić information content (AvgIpc) is 2.38. The molecule has 5 nitrogen and oxygen atoms in total. The van der Waals surface area contributed by atoms with Crippen LogP contribution in [0.3, 0.4) is 0 Å². The summed E-state index contributed by atoms with van der Waals surface area (Å²) in [5, 5.41) is 0. The quantitative estimate of drug-likeness (QED) is 0.721. The van der Waals surface area contributed by atoms with Gasteiger partial charge in [0.05, 0.1) is 11.8 Å². The van der Waals surface area contributed by atoms with Crippen molar-refractivity contribution in [3.05, 3.63) is 29.3 Å². The molecule has 124 valence electrons. The topological polar surface area (TPSA) is 63.7 Å². The summed E-state index contributed by atoms with van der Waals surface area (Å²) in [6, 6.07) is 5.78. The fourth-order valence-electron chi connectivity index (χ4n) is 2.18. The smallest absolute Gasteiger partial charge is 0.244 e. The molecule has 1 aromatic carbocycles. The summed E-state index contributed by atoms with van der Waals surface area (Å²) in [6.07, 6.45) is 1.76. The minimum atomic E-state index is -3.39. The molecule has 1 amide bonds. The van der Waals surface area contributed by atoms with Gasteiger partial charge < -0.3 is 4.74 Å². The molecule has 0 aliphatic heterocycles. The third-order valence-electron chi connectivity index (χ3n) is 3.20. The number of sulfone groups is 1. The number of amides is 1. The van der Waals surface area contributed by atoms with E-state index in [0.29, 0.717) is 0 Å². The highest BCUT2D eigenvalue weighted by atomic mass is 32.2. The predicted octanol–water partition coefficient (Wildman–Crippen LogP) is 2.32. The van der Waals surface area contributed by atoms with E-state index in [9.17, 15) is 13.2 Å². The number of aryl methyl sites for hydroxylation is 2. The van der Waals surface area contributed by atoms with Crippen LogP contribution < -0.4 is 4.90 Å². The Kier molecular flexibility index (Phi) is 6.56. The van der Waals surface area contributed by atoms with Crippen molar-refractivity contribution in [2.75, 3.05) is 23.6 Å². The Bertz CT molecular complexity index is 623. The van der Waals surface area contributed by atoms with E-state index in [-0.39, 0.29) is 12.8 Å². The Balaban J connectivity index is 3.23. The molecule has 1 aromatic rings. The maximum atomic E-state index is 12.5. The van der Waals surface area contributed by atoms with Crippen molar-refractivity contribution in [1.29, 1.82) is 0 Å². The molecule has 0 atom stereocenters. The summed E-state index contributed by atoms with van der Waals surface area (Å²) in [7, 11) is -3.39. The molecule has 0 aliphatic rings. The van der Waals surface area contributed by atoms with Crippen molar-refractivity contribution in [1.82, 2.24) is 0 Å². The lowest BCUT2D eigenvalue weighted by Gasteiger charge is -2.27. The standard InChI is InChI=1S/C16H25NO4S/c1-6-14-9-7-8-13(4)16(14)17(11-21-12(2)3)15(18)10-22(5,19)20/h7-9,12H,6,10-11H2,1-5H3. The van der Waals surface area contributed by atoms with Crippen molar-refractivity contribution in [3.63, 3.8) is 0 Å². The van der Waals surface area contributed by atoms with Gasteiger partial charge in [0, 0.05) is 6.26 Å². The normalized spacial score (nSPS) is 11.7. The third kappa shape index (κ3) is 5.42. The Morgan fingerprint density at radius 1 is 1.32 bits per heavy atom. The van der Waals surface area contributed by atoms with Crippen molar-refractivity contribution in [2.45, 2.75) is 40.2 Å². The largest absolute Gasteiger partial charge is 0.358 e. The maximum Gasteiger partial charge on any atom is 0.244 e. The molecule has 0 radical (unpaired) electrons. The molecule has 0 aromatic heterocycles. The highest BCUT2D eigenvalue weighted by Gasteiger charge is 2.23. The first kappa shape index (κ1) is 18.6. The summed E-state index contributed by atoms with van der Waals surface area (Å²) < 4.78 is 28.5. The number of nitrogens with zero attached hydrogens (tertiary/aromatic N) is 1. The van der Waals surface area contributed by atoms with E-state index in [2.05, 4.69) is 0 Å². The first-order valence-corrected chi connectivity index (χ1v) is 9.40. The number of ether oxygens (including phenoxy) is 1. The van der Waals surface area contributed by atoms with E-state index in [4.69, 9.17) is 4.74 Å². The lowest BCUT2D eigenvalue weighted by Crippen LogP contribution is -2.39. The molecule has 0 heterocycles. The van der Waals surface area contributed by atoms with Crippen LogP contribution in [0.25, 0.3) is 0 Å². The van der Waals surface area contributed by atoms with Gasteiger partial charge in [-0.3, -0.25) is 9.69 Å².